The SMILES string of the molecule is CCO[Si](CCCOCCCOCCC[Si](OCC)(OCC)OCC)(OCC)OCC. The Hall–Kier alpha value is 0.114. The quantitative estimate of drug-likeness (QED) is 0.148. The van der Waals surface area contributed by atoms with Gasteiger partial charge in [-0.05, 0) is 60.8 Å². The van der Waals surface area contributed by atoms with E-state index in [2.05, 4.69) is 0 Å². The molecule has 188 valence electrons. The maximum atomic E-state index is 5.86. The van der Waals surface area contributed by atoms with Crippen LogP contribution in [-0.2, 0) is 36.0 Å². The van der Waals surface area contributed by atoms with Crippen LogP contribution < -0.4 is 0 Å². The molecule has 0 N–H and O–H groups in total. The van der Waals surface area contributed by atoms with Crippen LogP contribution in [0.4, 0.5) is 0 Å². The fraction of sp³-hybridized carbons (Fsp3) is 1.00. The lowest BCUT2D eigenvalue weighted by Crippen LogP contribution is -2.46. The van der Waals surface area contributed by atoms with Crippen molar-refractivity contribution >= 4 is 17.6 Å². The number of ether oxygens (including phenoxy) is 2. The van der Waals surface area contributed by atoms with Gasteiger partial charge >= 0.3 is 17.6 Å². The first-order valence-corrected chi connectivity index (χ1v) is 15.9. The van der Waals surface area contributed by atoms with Crippen molar-refractivity contribution in [1.29, 1.82) is 0 Å². The Bertz CT molecular complexity index is 322. The van der Waals surface area contributed by atoms with Gasteiger partial charge in [-0.1, -0.05) is 0 Å². The van der Waals surface area contributed by atoms with Crippen LogP contribution in [0.15, 0.2) is 0 Å². The molecule has 0 bridgehead atoms. The minimum absolute atomic E-state index is 0.605. The summed E-state index contributed by atoms with van der Waals surface area (Å²) >= 11 is 0. The van der Waals surface area contributed by atoms with E-state index in [1.54, 1.807) is 0 Å². The molecular weight excluding hydrogens is 436 g/mol. The molecule has 0 aromatic rings. The summed E-state index contributed by atoms with van der Waals surface area (Å²) in [4.78, 5) is 0. The highest BCUT2D eigenvalue weighted by Gasteiger charge is 2.40. The van der Waals surface area contributed by atoms with Crippen molar-refractivity contribution in [3.63, 3.8) is 0 Å². The fourth-order valence-corrected chi connectivity index (χ4v) is 8.41. The van der Waals surface area contributed by atoms with Crippen LogP contribution in [0.25, 0.3) is 0 Å². The summed E-state index contributed by atoms with van der Waals surface area (Å²) in [6.07, 6.45) is 2.61. The van der Waals surface area contributed by atoms with Gasteiger partial charge in [0.15, 0.2) is 0 Å². The van der Waals surface area contributed by atoms with Gasteiger partial charge in [-0.15, -0.1) is 0 Å². The summed E-state index contributed by atoms with van der Waals surface area (Å²) in [6.45, 7) is 18.2. The lowest BCUT2D eigenvalue weighted by atomic mass is 10.4. The zero-order valence-electron chi connectivity index (χ0n) is 20.9. The van der Waals surface area contributed by atoms with Crippen LogP contribution in [-0.4, -0.2) is 83.7 Å². The highest BCUT2D eigenvalue weighted by molar-refractivity contribution is 6.61. The highest BCUT2D eigenvalue weighted by atomic mass is 28.4. The van der Waals surface area contributed by atoms with Gasteiger partial charge in [0, 0.05) is 78.2 Å². The normalized spacial score (nSPS) is 12.6. The Morgan fingerprint density at radius 1 is 0.387 bits per heavy atom. The highest BCUT2D eigenvalue weighted by Crippen LogP contribution is 2.19. The first-order chi connectivity index (χ1) is 15.1. The molecule has 0 aliphatic rings. The molecule has 0 aliphatic carbocycles. The molecule has 0 unspecified atom stereocenters. The van der Waals surface area contributed by atoms with E-state index in [9.17, 15) is 0 Å². The van der Waals surface area contributed by atoms with Gasteiger partial charge in [-0.25, -0.2) is 0 Å². The fourth-order valence-electron chi connectivity index (χ4n) is 3.25. The average Bonchev–Trinajstić information content (AvgIpc) is 2.73. The summed E-state index contributed by atoms with van der Waals surface area (Å²) in [7, 11) is -5.10. The molecule has 0 amide bonds. The zero-order valence-corrected chi connectivity index (χ0v) is 22.9. The van der Waals surface area contributed by atoms with Crippen LogP contribution in [0.2, 0.25) is 12.1 Å². The predicted octanol–water partition coefficient (Wildman–Crippen LogP) is 4.29. The molecular formula is C21H48O8Si2. The molecule has 8 nitrogen and oxygen atoms in total. The van der Waals surface area contributed by atoms with Gasteiger partial charge in [0.1, 0.15) is 0 Å². The topological polar surface area (TPSA) is 73.8 Å². The molecule has 0 heterocycles. The molecule has 10 heteroatoms. The standard InChI is InChI=1S/C21H48O8Si2/c1-7-24-30(25-8-2,26-9-3)20-14-18-22-16-13-17-23-19-15-21-31(27-10-4,28-11-5)29-12-6/h7-21H2,1-6H3. The Morgan fingerprint density at radius 2 is 0.645 bits per heavy atom. The van der Waals surface area contributed by atoms with Crippen molar-refractivity contribution in [2.45, 2.75) is 72.9 Å². The zero-order chi connectivity index (χ0) is 23.3. The number of hydrogen-bond donors (Lipinski definition) is 0. The van der Waals surface area contributed by atoms with E-state index in [1.807, 2.05) is 41.5 Å². The van der Waals surface area contributed by atoms with Crippen LogP contribution in [0.1, 0.15) is 60.8 Å². The minimum atomic E-state index is -2.55. The van der Waals surface area contributed by atoms with E-state index in [1.165, 1.54) is 0 Å². The lowest BCUT2D eigenvalue weighted by molar-refractivity contribution is 0.0581. The summed E-state index contributed by atoms with van der Waals surface area (Å²) < 4.78 is 46.6. The Labute approximate surface area is 192 Å². The summed E-state index contributed by atoms with van der Waals surface area (Å²) in [5, 5.41) is 0. The van der Waals surface area contributed by atoms with Crippen LogP contribution in [0.3, 0.4) is 0 Å². The summed E-state index contributed by atoms with van der Waals surface area (Å²) in [5.74, 6) is 0. The van der Waals surface area contributed by atoms with Crippen LogP contribution >= 0.6 is 0 Å². The molecule has 0 aromatic carbocycles. The molecule has 0 saturated carbocycles. The van der Waals surface area contributed by atoms with Gasteiger partial charge in [0.25, 0.3) is 0 Å². The monoisotopic (exact) mass is 484 g/mol. The minimum Gasteiger partial charge on any atom is -0.381 e. The lowest BCUT2D eigenvalue weighted by Gasteiger charge is -2.28. The first-order valence-electron chi connectivity index (χ1n) is 12.1. The molecule has 31 heavy (non-hydrogen) atoms. The van der Waals surface area contributed by atoms with Crippen molar-refractivity contribution in [2.75, 3.05) is 66.1 Å². The molecule has 0 radical (unpaired) electrons. The number of rotatable bonds is 24. The Morgan fingerprint density at radius 3 is 0.903 bits per heavy atom. The molecule has 0 saturated heterocycles. The average molecular weight is 485 g/mol. The van der Waals surface area contributed by atoms with Gasteiger partial charge in [0.05, 0.1) is 0 Å². The van der Waals surface area contributed by atoms with Gasteiger partial charge in [-0.3, -0.25) is 0 Å². The van der Waals surface area contributed by atoms with E-state index in [4.69, 9.17) is 36.0 Å². The third-order valence-electron chi connectivity index (χ3n) is 4.31. The van der Waals surface area contributed by atoms with Gasteiger partial charge < -0.3 is 36.0 Å². The van der Waals surface area contributed by atoms with Gasteiger partial charge in [0.2, 0.25) is 0 Å². The second kappa shape index (κ2) is 20.7. The smallest absolute Gasteiger partial charge is 0.381 e. The van der Waals surface area contributed by atoms with Crippen molar-refractivity contribution < 1.29 is 36.0 Å². The molecule has 0 fully saturated rings. The largest absolute Gasteiger partial charge is 0.501 e. The summed E-state index contributed by atoms with van der Waals surface area (Å²) in [5.41, 5.74) is 0. The Balaban J connectivity index is 3.91. The molecule has 0 spiro atoms. The van der Waals surface area contributed by atoms with Crippen LogP contribution in [0, 0.1) is 0 Å². The molecule has 0 aromatic heterocycles. The van der Waals surface area contributed by atoms with Crippen LogP contribution in [0.5, 0.6) is 0 Å². The van der Waals surface area contributed by atoms with E-state index in [-0.39, 0.29) is 0 Å². The predicted molar refractivity (Wildman–Crippen MR) is 126 cm³/mol. The second-order valence-electron chi connectivity index (χ2n) is 6.75. The maximum Gasteiger partial charge on any atom is 0.501 e. The molecule has 0 rings (SSSR count). The van der Waals surface area contributed by atoms with E-state index < -0.39 is 17.6 Å². The maximum absolute atomic E-state index is 5.86. The van der Waals surface area contributed by atoms with Crippen molar-refractivity contribution in [3.8, 4) is 0 Å². The summed E-state index contributed by atoms with van der Waals surface area (Å²) in [6, 6.07) is 1.56. The second-order valence-corrected chi connectivity index (χ2v) is 12.2. The third kappa shape index (κ3) is 14.8. The van der Waals surface area contributed by atoms with E-state index in [0.717, 1.165) is 31.4 Å². The van der Waals surface area contributed by atoms with Gasteiger partial charge in [-0.2, -0.15) is 0 Å². The van der Waals surface area contributed by atoms with E-state index in [0.29, 0.717) is 66.1 Å². The third-order valence-corrected chi connectivity index (χ3v) is 10.6. The number of hydrogen-bond acceptors (Lipinski definition) is 8. The van der Waals surface area contributed by atoms with Crippen molar-refractivity contribution in [1.82, 2.24) is 0 Å². The first kappa shape index (κ1) is 31.1. The van der Waals surface area contributed by atoms with Crippen molar-refractivity contribution in [2.24, 2.45) is 0 Å². The molecule has 0 aliphatic heterocycles. The Kier molecular flexibility index (Phi) is 20.8. The molecule has 0 atom stereocenters. The van der Waals surface area contributed by atoms with E-state index >= 15 is 0 Å². The van der Waals surface area contributed by atoms with Crippen molar-refractivity contribution in [3.05, 3.63) is 0 Å².